The third kappa shape index (κ3) is 5.49. The summed E-state index contributed by atoms with van der Waals surface area (Å²) in [6.45, 7) is 5.95. The fourth-order valence-electron chi connectivity index (χ4n) is 2.46. The first-order chi connectivity index (χ1) is 10.5. The zero-order valence-corrected chi connectivity index (χ0v) is 17.6. The third-order valence-electron chi connectivity index (χ3n) is 3.47. The van der Waals surface area contributed by atoms with E-state index in [-0.39, 0.29) is 24.0 Å². The topological polar surface area (TPSA) is 45.5 Å². The largest absolute Gasteiger partial charge is 0.351 e. The molecule has 0 amide bonds. The van der Waals surface area contributed by atoms with Crippen LogP contribution in [0.4, 0.5) is 0 Å². The van der Waals surface area contributed by atoms with Gasteiger partial charge in [0.05, 0.1) is 12.2 Å². The summed E-state index contributed by atoms with van der Waals surface area (Å²) in [5.41, 5.74) is 2.40. The number of nitrogens with one attached hydrogen (secondary N) is 1. The Bertz CT molecular complexity index is 618. The van der Waals surface area contributed by atoms with Crippen molar-refractivity contribution in [1.29, 1.82) is 0 Å². The molecular formula is C16H26IN5S. The van der Waals surface area contributed by atoms with Crippen LogP contribution in [0.15, 0.2) is 28.7 Å². The van der Waals surface area contributed by atoms with Crippen molar-refractivity contribution in [2.24, 2.45) is 12.0 Å². The Labute approximate surface area is 159 Å². The molecule has 128 valence electrons. The lowest BCUT2D eigenvalue weighted by molar-refractivity contribution is 0.473. The number of nitrogens with zero attached hydrogens (tertiary/aromatic N) is 4. The summed E-state index contributed by atoms with van der Waals surface area (Å²) in [4.78, 5) is 7.81. The molecule has 0 aliphatic rings. The molecule has 0 spiro atoms. The molecule has 2 aromatic heterocycles. The van der Waals surface area contributed by atoms with Crippen LogP contribution in [0.3, 0.4) is 0 Å². The van der Waals surface area contributed by atoms with Crippen LogP contribution < -0.4 is 5.32 Å². The molecule has 0 radical (unpaired) electrons. The van der Waals surface area contributed by atoms with Crippen molar-refractivity contribution < 1.29 is 0 Å². The first-order valence-electron chi connectivity index (χ1n) is 7.47. The number of aliphatic imine (C=N–C) groups is 1. The average Bonchev–Trinajstić information content (AvgIpc) is 3.09. The predicted octanol–water partition coefficient (Wildman–Crippen LogP) is 3.43. The predicted molar refractivity (Wildman–Crippen MR) is 109 cm³/mol. The van der Waals surface area contributed by atoms with Crippen molar-refractivity contribution in [3.63, 3.8) is 0 Å². The van der Waals surface area contributed by atoms with Crippen LogP contribution in [0.5, 0.6) is 0 Å². The number of hydrogen-bond donors (Lipinski definition) is 1. The lowest BCUT2D eigenvalue weighted by Gasteiger charge is -2.22. The molecule has 0 bridgehead atoms. The number of halogens is 1. The van der Waals surface area contributed by atoms with Crippen LogP contribution in [0.2, 0.25) is 0 Å². The molecule has 2 aromatic rings. The van der Waals surface area contributed by atoms with Crippen molar-refractivity contribution in [1.82, 2.24) is 20.0 Å². The van der Waals surface area contributed by atoms with E-state index in [1.807, 2.05) is 18.8 Å². The Morgan fingerprint density at radius 2 is 2.22 bits per heavy atom. The van der Waals surface area contributed by atoms with E-state index in [2.05, 4.69) is 64.9 Å². The van der Waals surface area contributed by atoms with Gasteiger partial charge in [-0.05, 0) is 17.4 Å². The second-order valence-electron chi connectivity index (χ2n) is 5.70. The van der Waals surface area contributed by atoms with E-state index < -0.39 is 0 Å². The van der Waals surface area contributed by atoms with Gasteiger partial charge in [-0.3, -0.25) is 9.67 Å². The minimum Gasteiger partial charge on any atom is -0.351 e. The van der Waals surface area contributed by atoms with Crippen LogP contribution >= 0.6 is 35.3 Å². The standard InChI is InChI=1S/C16H25N5S.HI/c1-12(2)15-13(11-21(5)19-15)10-20(4)16(17-3)18-9-14-7-6-8-22-14;/h6-8,11-12H,9-10H2,1-5H3,(H,17,18);1H. The summed E-state index contributed by atoms with van der Waals surface area (Å²) in [6.07, 6.45) is 2.10. The highest BCUT2D eigenvalue weighted by Gasteiger charge is 2.15. The Hall–Kier alpha value is -1.09. The molecular weight excluding hydrogens is 421 g/mol. The van der Waals surface area contributed by atoms with Crippen molar-refractivity contribution in [2.45, 2.75) is 32.9 Å². The Morgan fingerprint density at radius 1 is 1.48 bits per heavy atom. The summed E-state index contributed by atoms with van der Waals surface area (Å²) >= 11 is 1.75. The third-order valence-corrected chi connectivity index (χ3v) is 4.34. The second kappa shape index (κ2) is 9.27. The molecule has 2 heterocycles. The van der Waals surface area contributed by atoms with Gasteiger partial charge in [0, 0.05) is 44.3 Å². The van der Waals surface area contributed by atoms with E-state index in [4.69, 9.17) is 0 Å². The molecule has 7 heteroatoms. The highest BCUT2D eigenvalue weighted by Crippen LogP contribution is 2.18. The zero-order chi connectivity index (χ0) is 16.1. The minimum absolute atomic E-state index is 0. The number of rotatable bonds is 5. The molecule has 0 atom stereocenters. The van der Waals surface area contributed by atoms with Crippen LogP contribution in [0.1, 0.15) is 35.9 Å². The molecule has 0 unspecified atom stereocenters. The van der Waals surface area contributed by atoms with E-state index in [0.717, 1.165) is 24.7 Å². The van der Waals surface area contributed by atoms with E-state index >= 15 is 0 Å². The summed E-state index contributed by atoms with van der Waals surface area (Å²) in [5, 5.41) is 10.1. The first-order valence-corrected chi connectivity index (χ1v) is 8.35. The van der Waals surface area contributed by atoms with Crippen LogP contribution in [0.25, 0.3) is 0 Å². The van der Waals surface area contributed by atoms with Crippen LogP contribution in [-0.2, 0) is 20.1 Å². The van der Waals surface area contributed by atoms with E-state index in [0.29, 0.717) is 5.92 Å². The molecule has 0 saturated heterocycles. The quantitative estimate of drug-likeness (QED) is 0.434. The maximum absolute atomic E-state index is 4.57. The van der Waals surface area contributed by atoms with Gasteiger partial charge in [-0.2, -0.15) is 5.10 Å². The molecule has 0 aliphatic heterocycles. The number of aryl methyl sites for hydroxylation is 1. The molecule has 0 saturated carbocycles. The lowest BCUT2D eigenvalue weighted by Crippen LogP contribution is -2.38. The highest BCUT2D eigenvalue weighted by molar-refractivity contribution is 14.0. The van der Waals surface area contributed by atoms with Crippen LogP contribution in [0, 0.1) is 0 Å². The Balaban J connectivity index is 0.00000264. The van der Waals surface area contributed by atoms with Gasteiger partial charge in [0.15, 0.2) is 5.96 Å². The van der Waals surface area contributed by atoms with Gasteiger partial charge in [-0.1, -0.05) is 19.9 Å². The average molecular weight is 447 g/mol. The van der Waals surface area contributed by atoms with Gasteiger partial charge in [0.1, 0.15) is 0 Å². The Morgan fingerprint density at radius 3 is 2.78 bits per heavy atom. The van der Waals surface area contributed by atoms with E-state index in [1.165, 1.54) is 10.4 Å². The summed E-state index contributed by atoms with van der Waals surface area (Å²) < 4.78 is 1.89. The van der Waals surface area contributed by atoms with Crippen molar-refractivity contribution in [3.8, 4) is 0 Å². The van der Waals surface area contributed by atoms with Crippen molar-refractivity contribution in [2.75, 3.05) is 14.1 Å². The van der Waals surface area contributed by atoms with Gasteiger partial charge in [-0.15, -0.1) is 35.3 Å². The monoisotopic (exact) mass is 447 g/mol. The molecule has 0 aliphatic carbocycles. The van der Waals surface area contributed by atoms with Gasteiger partial charge in [-0.25, -0.2) is 0 Å². The number of hydrogen-bond acceptors (Lipinski definition) is 3. The Kier molecular flexibility index (Phi) is 8.04. The van der Waals surface area contributed by atoms with Gasteiger partial charge < -0.3 is 10.2 Å². The number of thiophene rings is 1. The molecule has 0 fully saturated rings. The molecule has 5 nitrogen and oxygen atoms in total. The lowest BCUT2D eigenvalue weighted by atomic mass is 10.1. The maximum atomic E-state index is 4.57. The fourth-order valence-corrected chi connectivity index (χ4v) is 3.10. The fraction of sp³-hybridized carbons (Fsp3) is 0.500. The highest BCUT2D eigenvalue weighted by atomic mass is 127. The number of guanidine groups is 1. The van der Waals surface area contributed by atoms with E-state index in [1.54, 1.807) is 11.3 Å². The van der Waals surface area contributed by atoms with Crippen molar-refractivity contribution >= 4 is 41.3 Å². The van der Waals surface area contributed by atoms with Gasteiger partial charge >= 0.3 is 0 Å². The molecule has 0 aromatic carbocycles. The normalized spacial score (nSPS) is 11.5. The number of aromatic nitrogens is 2. The molecule has 23 heavy (non-hydrogen) atoms. The smallest absolute Gasteiger partial charge is 0.193 e. The molecule has 2 rings (SSSR count). The second-order valence-corrected chi connectivity index (χ2v) is 6.74. The van der Waals surface area contributed by atoms with Gasteiger partial charge in [0.2, 0.25) is 0 Å². The van der Waals surface area contributed by atoms with Crippen molar-refractivity contribution in [3.05, 3.63) is 39.8 Å². The van der Waals surface area contributed by atoms with Crippen LogP contribution in [-0.4, -0.2) is 34.7 Å². The van der Waals surface area contributed by atoms with Gasteiger partial charge in [0.25, 0.3) is 0 Å². The maximum Gasteiger partial charge on any atom is 0.193 e. The SMILES string of the molecule is CN=C(NCc1cccs1)N(C)Cc1cn(C)nc1C(C)C.I. The van der Waals surface area contributed by atoms with E-state index in [9.17, 15) is 0 Å². The summed E-state index contributed by atoms with van der Waals surface area (Å²) in [5.74, 6) is 1.32. The molecule has 1 N–H and O–H groups in total. The minimum atomic E-state index is 0. The first kappa shape index (κ1) is 20.0. The summed E-state index contributed by atoms with van der Waals surface area (Å²) in [6, 6.07) is 4.20. The summed E-state index contributed by atoms with van der Waals surface area (Å²) in [7, 11) is 5.85. The zero-order valence-electron chi connectivity index (χ0n) is 14.4.